The van der Waals surface area contributed by atoms with Gasteiger partial charge in [-0.05, 0) is 42.3 Å². The van der Waals surface area contributed by atoms with E-state index in [0.29, 0.717) is 68.3 Å². The molecule has 1 atom stereocenters. The average Bonchev–Trinajstić information content (AvgIpc) is 3.55. The zero-order chi connectivity index (χ0) is 28.7. The van der Waals surface area contributed by atoms with Crippen molar-refractivity contribution in [2.45, 2.75) is 25.2 Å². The molecule has 11 heteroatoms. The number of hydrogen-bond donors (Lipinski definition) is 0. The number of aromatic nitrogens is 2. The molecule has 0 bridgehead atoms. The Kier molecular flexibility index (Phi) is 7.14. The largest absolute Gasteiger partial charge is 0.494 e. The van der Waals surface area contributed by atoms with Crippen LogP contribution < -0.4 is 20.2 Å². The normalized spacial score (nSPS) is 17.9. The second-order valence-electron chi connectivity index (χ2n) is 10.3. The summed E-state index contributed by atoms with van der Waals surface area (Å²) in [5.74, 6) is 0.0521. The maximum absolute atomic E-state index is 15.3. The minimum absolute atomic E-state index is 0.0124. The Bertz CT molecular complexity index is 1620. The van der Waals surface area contributed by atoms with Crippen molar-refractivity contribution in [3.8, 4) is 5.75 Å². The number of imidazole rings is 1. The molecular weight excluding hydrogens is 540 g/mol. The van der Waals surface area contributed by atoms with Gasteiger partial charge in [-0.3, -0.25) is 9.13 Å². The third-order valence-corrected chi connectivity index (χ3v) is 7.98. The van der Waals surface area contributed by atoms with Crippen molar-refractivity contribution in [2.75, 3.05) is 56.3 Å². The first kappa shape index (κ1) is 27.2. The quantitative estimate of drug-likeness (QED) is 0.295. The first-order valence-electron chi connectivity index (χ1n) is 13.6. The Morgan fingerprint density at radius 3 is 2.46 bits per heavy atom. The number of fused-ring (bicyclic) bond motifs is 1. The van der Waals surface area contributed by atoms with Crippen molar-refractivity contribution in [1.29, 1.82) is 0 Å². The molecule has 2 aliphatic heterocycles. The van der Waals surface area contributed by atoms with E-state index in [1.54, 1.807) is 28.8 Å². The number of ether oxygens (including phenoxy) is 2. The van der Waals surface area contributed by atoms with Crippen LogP contribution in [0.5, 0.6) is 5.75 Å². The summed E-state index contributed by atoms with van der Waals surface area (Å²) in [6.45, 7) is 3.04. The molecule has 3 aromatic carbocycles. The molecule has 2 aliphatic rings. The SMILES string of the molecule is COc1cccc2c1n(Cc1ccccc1C(F)(F)F)c(=O)n2C1CCN(c2c(F)cccc2N2CCOCC2)C1. The first-order valence-corrected chi connectivity index (χ1v) is 13.6. The van der Waals surface area contributed by atoms with Gasteiger partial charge >= 0.3 is 11.9 Å². The monoisotopic (exact) mass is 570 g/mol. The molecule has 3 heterocycles. The third kappa shape index (κ3) is 4.92. The number of benzene rings is 3. The van der Waals surface area contributed by atoms with Crippen molar-refractivity contribution >= 4 is 22.4 Å². The number of halogens is 4. The van der Waals surface area contributed by atoms with Crippen LogP contribution in [0.3, 0.4) is 0 Å². The highest BCUT2D eigenvalue weighted by Gasteiger charge is 2.35. The van der Waals surface area contributed by atoms with E-state index < -0.39 is 17.4 Å². The molecule has 41 heavy (non-hydrogen) atoms. The first-order chi connectivity index (χ1) is 19.8. The lowest BCUT2D eigenvalue weighted by molar-refractivity contribution is -0.138. The fraction of sp³-hybridized carbons (Fsp3) is 0.367. The Hall–Kier alpha value is -3.99. The Balaban J connectivity index is 1.40. The molecule has 216 valence electrons. The fourth-order valence-corrected chi connectivity index (χ4v) is 6.11. The molecule has 6 rings (SSSR count). The second kappa shape index (κ2) is 10.8. The van der Waals surface area contributed by atoms with Crippen molar-refractivity contribution in [3.05, 3.63) is 88.1 Å². The molecule has 0 spiro atoms. The smallest absolute Gasteiger partial charge is 0.416 e. The molecule has 0 amide bonds. The number of para-hydroxylation sites is 2. The zero-order valence-electron chi connectivity index (χ0n) is 22.5. The lowest BCUT2D eigenvalue weighted by Gasteiger charge is -2.33. The van der Waals surface area contributed by atoms with Gasteiger partial charge in [-0.2, -0.15) is 13.2 Å². The minimum Gasteiger partial charge on any atom is -0.494 e. The molecule has 2 fully saturated rings. The lowest BCUT2D eigenvalue weighted by Crippen LogP contribution is -2.37. The standard InChI is InChI=1S/C30H30F4N4O3/c1-40-26-11-5-10-25-28(26)37(18-20-6-2-3-7-22(20)30(32,33)34)29(39)38(25)21-12-13-36(19-21)27-23(31)8-4-9-24(27)35-14-16-41-17-15-35/h2-11,21H,12-19H2,1H3. The average molecular weight is 571 g/mol. The van der Waals surface area contributed by atoms with E-state index >= 15 is 4.39 Å². The van der Waals surface area contributed by atoms with Gasteiger partial charge in [-0.1, -0.05) is 30.3 Å². The maximum Gasteiger partial charge on any atom is 0.416 e. The molecule has 0 saturated carbocycles. The summed E-state index contributed by atoms with van der Waals surface area (Å²) in [6, 6.07) is 15.2. The van der Waals surface area contributed by atoms with E-state index in [9.17, 15) is 18.0 Å². The summed E-state index contributed by atoms with van der Waals surface area (Å²) in [5.41, 5.74) is 1.03. The van der Waals surface area contributed by atoms with E-state index in [-0.39, 0.29) is 24.0 Å². The summed E-state index contributed by atoms with van der Waals surface area (Å²) in [5, 5.41) is 0. The van der Waals surface area contributed by atoms with Gasteiger partial charge in [0, 0.05) is 26.2 Å². The van der Waals surface area contributed by atoms with E-state index in [2.05, 4.69) is 4.90 Å². The van der Waals surface area contributed by atoms with Gasteiger partial charge in [-0.15, -0.1) is 0 Å². The van der Waals surface area contributed by atoms with Crippen LogP contribution in [0.1, 0.15) is 23.6 Å². The van der Waals surface area contributed by atoms with Crippen molar-refractivity contribution < 1.29 is 27.0 Å². The Morgan fingerprint density at radius 1 is 0.951 bits per heavy atom. The van der Waals surface area contributed by atoms with E-state index in [1.807, 2.05) is 11.0 Å². The summed E-state index contributed by atoms with van der Waals surface area (Å²) in [4.78, 5) is 18.1. The second-order valence-corrected chi connectivity index (χ2v) is 10.3. The topological polar surface area (TPSA) is 51.9 Å². The number of methoxy groups -OCH3 is 1. The maximum atomic E-state index is 15.3. The molecule has 0 radical (unpaired) electrons. The molecule has 1 unspecified atom stereocenters. The lowest BCUT2D eigenvalue weighted by atomic mass is 10.1. The predicted octanol–water partition coefficient (Wildman–Crippen LogP) is 5.31. The predicted molar refractivity (Wildman–Crippen MR) is 149 cm³/mol. The molecule has 0 aliphatic carbocycles. The van der Waals surface area contributed by atoms with Gasteiger partial charge < -0.3 is 19.3 Å². The van der Waals surface area contributed by atoms with E-state index in [1.165, 1.54) is 35.9 Å². The van der Waals surface area contributed by atoms with Crippen LogP contribution in [0.15, 0.2) is 65.5 Å². The third-order valence-electron chi connectivity index (χ3n) is 7.98. The summed E-state index contributed by atoms with van der Waals surface area (Å²) < 4.78 is 70.7. The number of alkyl halides is 3. The van der Waals surface area contributed by atoms with Gasteiger partial charge in [0.2, 0.25) is 0 Å². The van der Waals surface area contributed by atoms with Crippen LogP contribution in [-0.4, -0.2) is 55.6 Å². The molecule has 1 aromatic heterocycles. The highest BCUT2D eigenvalue weighted by Crippen LogP contribution is 2.38. The van der Waals surface area contributed by atoms with Crippen LogP contribution in [0.4, 0.5) is 28.9 Å². The van der Waals surface area contributed by atoms with E-state index in [4.69, 9.17) is 9.47 Å². The van der Waals surface area contributed by atoms with Crippen LogP contribution >= 0.6 is 0 Å². The fourth-order valence-electron chi connectivity index (χ4n) is 6.11. The van der Waals surface area contributed by atoms with Crippen LogP contribution in [-0.2, 0) is 17.5 Å². The highest BCUT2D eigenvalue weighted by molar-refractivity contribution is 5.83. The van der Waals surface area contributed by atoms with Crippen LogP contribution in [0.2, 0.25) is 0 Å². The van der Waals surface area contributed by atoms with Crippen molar-refractivity contribution in [3.63, 3.8) is 0 Å². The van der Waals surface area contributed by atoms with Crippen LogP contribution in [0.25, 0.3) is 11.0 Å². The van der Waals surface area contributed by atoms with Crippen molar-refractivity contribution in [1.82, 2.24) is 9.13 Å². The van der Waals surface area contributed by atoms with Gasteiger partial charge in [0.1, 0.15) is 17.1 Å². The summed E-state index contributed by atoms with van der Waals surface area (Å²) >= 11 is 0. The minimum atomic E-state index is -4.56. The number of morpholine rings is 1. The Labute approximate surface area is 234 Å². The van der Waals surface area contributed by atoms with Gasteiger partial charge in [0.25, 0.3) is 0 Å². The number of anilines is 2. The molecule has 7 nitrogen and oxygen atoms in total. The number of hydrogen-bond acceptors (Lipinski definition) is 5. The molecule has 4 aromatic rings. The number of rotatable bonds is 6. The van der Waals surface area contributed by atoms with E-state index in [0.717, 1.165) is 11.8 Å². The summed E-state index contributed by atoms with van der Waals surface area (Å²) in [7, 11) is 1.47. The highest BCUT2D eigenvalue weighted by atomic mass is 19.4. The summed E-state index contributed by atoms with van der Waals surface area (Å²) in [6.07, 6.45) is -4.00. The number of nitrogens with zero attached hydrogens (tertiary/aromatic N) is 4. The van der Waals surface area contributed by atoms with Gasteiger partial charge in [-0.25, -0.2) is 9.18 Å². The van der Waals surface area contributed by atoms with Crippen LogP contribution in [0, 0.1) is 5.82 Å². The molecular formula is C30H30F4N4O3. The van der Waals surface area contributed by atoms with Gasteiger partial charge in [0.15, 0.2) is 0 Å². The molecule has 2 saturated heterocycles. The molecule has 0 N–H and O–H groups in total. The van der Waals surface area contributed by atoms with Gasteiger partial charge in [0.05, 0.1) is 55.4 Å². The Morgan fingerprint density at radius 2 is 1.71 bits per heavy atom. The van der Waals surface area contributed by atoms with Crippen molar-refractivity contribution in [2.24, 2.45) is 0 Å². The zero-order valence-corrected chi connectivity index (χ0v) is 22.5.